The maximum absolute atomic E-state index is 11.7. The van der Waals surface area contributed by atoms with Gasteiger partial charge in [0.05, 0.1) is 0 Å². The molecule has 0 saturated heterocycles. The summed E-state index contributed by atoms with van der Waals surface area (Å²) in [5.41, 5.74) is 0.102. The molecule has 0 fully saturated rings. The van der Waals surface area contributed by atoms with E-state index in [-0.39, 0.29) is 5.69 Å². The van der Waals surface area contributed by atoms with E-state index in [4.69, 9.17) is 0 Å². The Balaban J connectivity index is 2.56. The number of hydrogen-bond donors (Lipinski definition) is 1. The average Bonchev–Trinajstić information content (AvgIpc) is 2.51. The van der Waals surface area contributed by atoms with Crippen LogP contribution < -0.4 is 11.0 Å². The predicted molar refractivity (Wildman–Crippen MR) is 57.5 cm³/mol. The molecule has 80 valence electrons. The molecule has 0 unspecified atom stereocenters. The second-order valence-corrected chi connectivity index (χ2v) is 3.32. The molecular formula is C10H19N3O. The number of rotatable bonds is 6. The molecule has 0 aliphatic heterocycles. The summed E-state index contributed by atoms with van der Waals surface area (Å²) in [5.74, 6) is 0. The lowest BCUT2D eigenvalue weighted by atomic mass is 10.5. The van der Waals surface area contributed by atoms with Crippen molar-refractivity contribution in [2.24, 2.45) is 0 Å². The third kappa shape index (κ3) is 2.73. The van der Waals surface area contributed by atoms with E-state index < -0.39 is 0 Å². The van der Waals surface area contributed by atoms with Crippen LogP contribution in [0.5, 0.6) is 0 Å². The molecule has 0 radical (unpaired) electrons. The van der Waals surface area contributed by atoms with Crippen LogP contribution in [0.1, 0.15) is 20.3 Å². The van der Waals surface area contributed by atoms with Crippen molar-refractivity contribution in [2.45, 2.75) is 33.4 Å². The average molecular weight is 197 g/mol. The largest absolute Gasteiger partial charge is 0.328 e. The van der Waals surface area contributed by atoms with Crippen LogP contribution >= 0.6 is 0 Å². The van der Waals surface area contributed by atoms with Crippen molar-refractivity contribution in [1.82, 2.24) is 14.5 Å². The summed E-state index contributed by atoms with van der Waals surface area (Å²) in [6, 6.07) is 0. The van der Waals surface area contributed by atoms with Crippen LogP contribution in [-0.4, -0.2) is 22.2 Å². The lowest BCUT2D eigenvalue weighted by Crippen LogP contribution is -2.28. The van der Waals surface area contributed by atoms with Gasteiger partial charge in [-0.3, -0.25) is 9.13 Å². The topological polar surface area (TPSA) is 39.0 Å². The van der Waals surface area contributed by atoms with Crippen molar-refractivity contribution < 1.29 is 0 Å². The Hall–Kier alpha value is -1.03. The normalized spacial score (nSPS) is 10.7. The Labute approximate surface area is 84.5 Å². The molecule has 0 bridgehead atoms. The van der Waals surface area contributed by atoms with Crippen molar-refractivity contribution >= 4 is 0 Å². The van der Waals surface area contributed by atoms with Crippen LogP contribution in [0.3, 0.4) is 0 Å². The SMILES string of the molecule is CCCn1ccn(CCNCC)c1=O. The first-order valence-corrected chi connectivity index (χ1v) is 5.25. The van der Waals surface area contributed by atoms with E-state index in [2.05, 4.69) is 19.2 Å². The first kappa shape index (κ1) is 11.0. The first-order chi connectivity index (χ1) is 6.79. The van der Waals surface area contributed by atoms with Gasteiger partial charge in [-0.05, 0) is 13.0 Å². The Morgan fingerprint density at radius 2 is 1.86 bits per heavy atom. The van der Waals surface area contributed by atoms with Crippen molar-refractivity contribution in [3.63, 3.8) is 0 Å². The Bertz CT molecular complexity index is 313. The van der Waals surface area contributed by atoms with Crippen LogP contribution in [0.15, 0.2) is 17.2 Å². The number of aryl methyl sites for hydroxylation is 1. The second kappa shape index (κ2) is 5.65. The molecule has 1 rings (SSSR count). The third-order valence-electron chi connectivity index (χ3n) is 2.16. The number of hydrogen-bond acceptors (Lipinski definition) is 2. The van der Waals surface area contributed by atoms with Crippen molar-refractivity contribution in [3.8, 4) is 0 Å². The van der Waals surface area contributed by atoms with Crippen molar-refractivity contribution in [1.29, 1.82) is 0 Å². The van der Waals surface area contributed by atoms with Crippen LogP contribution in [0.2, 0.25) is 0 Å². The van der Waals surface area contributed by atoms with Gasteiger partial charge >= 0.3 is 5.69 Å². The molecule has 1 aromatic heterocycles. The summed E-state index contributed by atoms with van der Waals surface area (Å²) in [7, 11) is 0. The van der Waals surface area contributed by atoms with Gasteiger partial charge in [0.15, 0.2) is 0 Å². The minimum Gasteiger partial charge on any atom is -0.315 e. The van der Waals surface area contributed by atoms with Gasteiger partial charge in [0.1, 0.15) is 0 Å². The summed E-state index contributed by atoms with van der Waals surface area (Å²) >= 11 is 0. The highest BCUT2D eigenvalue weighted by molar-refractivity contribution is 4.81. The molecule has 0 aliphatic rings. The van der Waals surface area contributed by atoms with E-state index in [1.165, 1.54) is 0 Å². The number of nitrogens with zero attached hydrogens (tertiary/aromatic N) is 2. The van der Waals surface area contributed by atoms with Crippen LogP contribution in [-0.2, 0) is 13.1 Å². The zero-order chi connectivity index (χ0) is 10.4. The number of nitrogens with one attached hydrogen (secondary N) is 1. The van der Waals surface area contributed by atoms with Gasteiger partial charge in [-0.1, -0.05) is 13.8 Å². The monoisotopic (exact) mass is 197 g/mol. The standard InChI is InChI=1S/C10H19N3O/c1-3-6-12-8-9-13(10(12)14)7-5-11-4-2/h8-9,11H,3-7H2,1-2H3. The lowest BCUT2D eigenvalue weighted by molar-refractivity contribution is 0.571. The Morgan fingerprint density at radius 3 is 2.43 bits per heavy atom. The minimum absolute atomic E-state index is 0.102. The molecule has 1 heterocycles. The van der Waals surface area contributed by atoms with Gasteiger partial charge < -0.3 is 5.32 Å². The fourth-order valence-corrected chi connectivity index (χ4v) is 1.41. The van der Waals surface area contributed by atoms with E-state index >= 15 is 0 Å². The fourth-order valence-electron chi connectivity index (χ4n) is 1.41. The Morgan fingerprint density at radius 1 is 1.21 bits per heavy atom. The third-order valence-corrected chi connectivity index (χ3v) is 2.16. The summed E-state index contributed by atoms with van der Waals surface area (Å²) in [6.07, 6.45) is 4.71. The van der Waals surface area contributed by atoms with Crippen LogP contribution in [0.4, 0.5) is 0 Å². The minimum atomic E-state index is 0.102. The van der Waals surface area contributed by atoms with Gasteiger partial charge in [0.2, 0.25) is 0 Å². The van der Waals surface area contributed by atoms with E-state index in [1.807, 2.05) is 12.4 Å². The Kier molecular flexibility index (Phi) is 4.46. The number of imidazole rings is 1. The van der Waals surface area contributed by atoms with E-state index in [0.29, 0.717) is 0 Å². The zero-order valence-electron chi connectivity index (χ0n) is 8.99. The van der Waals surface area contributed by atoms with Crippen LogP contribution in [0, 0.1) is 0 Å². The molecule has 0 spiro atoms. The number of likely N-dealkylation sites (N-methyl/N-ethyl adjacent to an activating group) is 1. The van der Waals surface area contributed by atoms with Gasteiger partial charge in [0, 0.05) is 32.0 Å². The molecule has 14 heavy (non-hydrogen) atoms. The molecule has 0 amide bonds. The van der Waals surface area contributed by atoms with Crippen LogP contribution in [0.25, 0.3) is 0 Å². The molecule has 0 saturated carbocycles. The molecule has 0 aliphatic carbocycles. The van der Waals surface area contributed by atoms with E-state index in [1.54, 1.807) is 9.13 Å². The lowest BCUT2D eigenvalue weighted by Gasteiger charge is -2.01. The van der Waals surface area contributed by atoms with Gasteiger partial charge in [-0.15, -0.1) is 0 Å². The van der Waals surface area contributed by atoms with E-state index in [9.17, 15) is 4.79 Å². The molecular weight excluding hydrogens is 178 g/mol. The molecule has 4 heteroatoms. The summed E-state index contributed by atoms with van der Waals surface area (Å²) < 4.78 is 3.50. The van der Waals surface area contributed by atoms with Gasteiger partial charge in [0.25, 0.3) is 0 Å². The maximum Gasteiger partial charge on any atom is 0.328 e. The predicted octanol–water partition coefficient (Wildman–Crippen LogP) is 0.669. The second-order valence-electron chi connectivity index (χ2n) is 3.32. The van der Waals surface area contributed by atoms with Crippen molar-refractivity contribution in [3.05, 3.63) is 22.9 Å². The highest BCUT2D eigenvalue weighted by Gasteiger charge is 2.00. The number of aromatic nitrogens is 2. The zero-order valence-corrected chi connectivity index (χ0v) is 8.99. The van der Waals surface area contributed by atoms with Gasteiger partial charge in [-0.2, -0.15) is 0 Å². The molecule has 0 aromatic carbocycles. The van der Waals surface area contributed by atoms with E-state index in [0.717, 1.165) is 32.6 Å². The summed E-state index contributed by atoms with van der Waals surface area (Å²) in [6.45, 7) is 7.50. The maximum atomic E-state index is 11.7. The fraction of sp³-hybridized carbons (Fsp3) is 0.700. The highest BCUT2D eigenvalue weighted by atomic mass is 16.1. The van der Waals surface area contributed by atoms with Crippen molar-refractivity contribution in [2.75, 3.05) is 13.1 Å². The molecule has 4 nitrogen and oxygen atoms in total. The first-order valence-electron chi connectivity index (χ1n) is 5.25. The molecule has 1 aromatic rings. The smallest absolute Gasteiger partial charge is 0.315 e. The molecule has 1 N–H and O–H groups in total. The summed E-state index contributed by atoms with van der Waals surface area (Å²) in [5, 5.41) is 3.20. The quantitative estimate of drug-likeness (QED) is 0.681. The highest BCUT2D eigenvalue weighted by Crippen LogP contribution is 1.87. The molecule has 0 atom stereocenters. The van der Waals surface area contributed by atoms with Gasteiger partial charge in [-0.25, -0.2) is 4.79 Å². The summed E-state index contributed by atoms with van der Waals surface area (Å²) in [4.78, 5) is 11.7.